The van der Waals surface area contributed by atoms with Crippen molar-refractivity contribution in [3.05, 3.63) is 23.2 Å². The summed E-state index contributed by atoms with van der Waals surface area (Å²) in [6.45, 7) is 0. The van der Waals surface area contributed by atoms with E-state index in [1.165, 1.54) is 0 Å². The van der Waals surface area contributed by atoms with Crippen LogP contribution in [0.4, 0.5) is 5.69 Å². The molecule has 1 aliphatic rings. The van der Waals surface area contributed by atoms with Crippen molar-refractivity contribution in [2.24, 2.45) is 5.92 Å². The van der Waals surface area contributed by atoms with E-state index < -0.39 is 5.97 Å². The molecule has 2 atom stereocenters. The normalized spacial score (nSPS) is 22.8. The first-order valence-corrected chi connectivity index (χ1v) is 6.81. The molecule has 104 valence electrons. The van der Waals surface area contributed by atoms with Crippen LogP contribution in [0.15, 0.2) is 18.2 Å². The van der Waals surface area contributed by atoms with Gasteiger partial charge in [-0.25, -0.2) is 0 Å². The Kier molecular flexibility index (Phi) is 4.53. The lowest BCUT2D eigenvalue weighted by Gasteiger charge is -2.28. The molecule has 4 nitrogen and oxygen atoms in total. The third-order valence-corrected chi connectivity index (χ3v) is 3.86. The van der Waals surface area contributed by atoms with Gasteiger partial charge in [-0.2, -0.15) is 0 Å². The molecule has 2 N–H and O–H groups in total. The van der Waals surface area contributed by atoms with Crippen LogP contribution in [-0.4, -0.2) is 24.2 Å². The summed E-state index contributed by atoms with van der Waals surface area (Å²) in [6.07, 6.45) is 3.38. The molecule has 19 heavy (non-hydrogen) atoms. The van der Waals surface area contributed by atoms with E-state index in [0.29, 0.717) is 17.2 Å². The first-order chi connectivity index (χ1) is 9.10. The number of carbonyl (C=O) groups is 1. The van der Waals surface area contributed by atoms with E-state index in [4.69, 9.17) is 21.4 Å². The number of carboxylic acids is 1. The van der Waals surface area contributed by atoms with Gasteiger partial charge in [0.1, 0.15) is 5.75 Å². The summed E-state index contributed by atoms with van der Waals surface area (Å²) in [4.78, 5) is 11.0. The van der Waals surface area contributed by atoms with Gasteiger partial charge in [0.2, 0.25) is 0 Å². The summed E-state index contributed by atoms with van der Waals surface area (Å²) in [5.41, 5.74) is 0.914. The van der Waals surface area contributed by atoms with Gasteiger partial charge < -0.3 is 15.2 Å². The van der Waals surface area contributed by atoms with Crippen molar-refractivity contribution >= 4 is 23.3 Å². The molecular formula is C14H18ClNO3. The fourth-order valence-electron chi connectivity index (χ4n) is 2.53. The molecule has 1 aromatic rings. The fourth-order valence-corrected chi connectivity index (χ4v) is 2.73. The van der Waals surface area contributed by atoms with Crippen LogP contribution in [0.3, 0.4) is 0 Å². The Morgan fingerprint density at radius 3 is 2.95 bits per heavy atom. The maximum atomic E-state index is 11.0. The van der Waals surface area contributed by atoms with Gasteiger partial charge in [0, 0.05) is 17.8 Å². The number of anilines is 1. The van der Waals surface area contributed by atoms with Gasteiger partial charge in [-0.15, -0.1) is 0 Å². The molecule has 0 aliphatic heterocycles. The van der Waals surface area contributed by atoms with E-state index in [0.717, 1.165) is 24.9 Å². The molecule has 2 unspecified atom stereocenters. The zero-order valence-electron chi connectivity index (χ0n) is 10.9. The fraction of sp³-hybridized carbons (Fsp3) is 0.500. The number of carboxylic acid groups (broad SMARTS) is 1. The van der Waals surface area contributed by atoms with Gasteiger partial charge in [-0.05, 0) is 31.4 Å². The molecule has 0 radical (unpaired) electrons. The second-order valence-electron chi connectivity index (χ2n) is 4.89. The maximum Gasteiger partial charge on any atom is 0.306 e. The highest BCUT2D eigenvalue weighted by Crippen LogP contribution is 2.30. The summed E-state index contributed by atoms with van der Waals surface area (Å²) in [6, 6.07) is 5.70. The number of rotatable bonds is 4. The van der Waals surface area contributed by atoms with Gasteiger partial charge in [-0.1, -0.05) is 18.0 Å². The number of nitrogens with one attached hydrogen (secondary N) is 1. The summed E-state index contributed by atoms with van der Waals surface area (Å²) in [5.74, 6) is -0.308. The van der Waals surface area contributed by atoms with Crippen LogP contribution in [0.2, 0.25) is 5.02 Å². The van der Waals surface area contributed by atoms with Crippen LogP contribution in [-0.2, 0) is 4.79 Å². The van der Waals surface area contributed by atoms with Gasteiger partial charge in [0.15, 0.2) is 0 Å². The lowest BCUT2D eigenvalue weighted by atomic mass is 9.85. The predicted octanol–water partition coefficient (Wildman–Crippen LogP) is 3.40. The van der Waals surface area contributed by atoms with Crippen molar-refractivity contribution in [1.82, 2.24) is 0 Å². The van der Waals surface area contributed by atoms with Crippen molar-refractivity contribution in [3.8, 4) is 5.75 Å². The number of hydrogen-bond acceptors (Lipinski definition) is 3. The Hall–Kier alpha value is -1.42. The monoisotopic (exact) mass is 283 g/mol. The number of hydrogen-bond donors (Lipinski definition) is 2. The van der Waals surface area contributed by atoms with Crippen LogP contribution >= 0.6 is 11.6 Å². The van der Waals surface area contributed by atoms with E-state index in [2.05, 4.69) is 5.32 Å². The molecule has 0 heterocycles. The molecule has 0 saturated heterocycles. The first kappa shape index (κ1) is 14.0. The van der Waals surface area contributed by atoms with Crippen LogP contribution < -0.4 is 10.1 Å². The molecule has 1 aromatic carbocycles. The molecule has 0 amide bonds. The molecule has 0 bridgehead atoms. The second kappa shape index (κ2) is 6.15. The third kappa shape index (κ3) is 3.53. The van der Waals surface area contributed by atoms with Crippen molar-refractivity contribution in [2.75, 3.05) is 12.4 Å². The first-order valence-electron chi connectivity index (χ1n) is 6.43. The molecule has 1 aliphatic carbocycles. The molecule has 0 aromatic heterocycles. The van der Waals surface area contributed by atoms with E-state index in [-0.39, 0.29) is 12.0 Å². The van der Waals surface area contributed by atoms with Crippen LogP contribution in [0.5, 0.6) is 5.75 Å². The highest BCUT2D eigenvalue weighted by Gasteiger charge is 2.26. The number of methoxy groups -OCH3 is 1. The minimum Gasteiger partial charge on any atom is -0.495 e. The van der Waals surface area contributed by atoms with Crippen molar-refractivity contribution < 1.29 is 14.6 Å². The summed E-state index contributed by atoms with van der Waals surface area (Å²) < 4.78 is 5.17. The molecule has 0 spiro atoms. The highest BCUT2D eigenvalue weighted by atomic mass is 35.5. The lowest BCUT2D eigenvalue weighted by Crippen LogP contribution is -2.30. The summed E-state index contributed by atoms with van der Waals surface area (Å²) in [7, 11) is 1.58. The zero-order chi connectivity index (χ0) is 13.8. The average Bonchev–Trinajstić information content (AvgIpc) is 2.41. The molecule has 1 fully saturated rings. The Balaban J connectivity index is 2.02. The van der Waals surface area contributed by atoms with E-state index in [9.17, 15) is 4.79 Å². The molecular weight excluding hydrogens is 266 g/mol. The van der Waals surface area contributed by atoms with E-state index >= 15 is 0 Å². The van der Waals surface area contributed by atoms with Crippen LogP contribution in [0.25, 0.3) is 0 Å². The standard InChI is InChI=1S/C14H18ClNO3/c1-19-13-8-11(5-6-12(13)15)16-10-4-2-3-9(7-10)14(17)18/h5-6,8-10,16H,2-4,7H2,1H3,(H,17,18). The van der Waals surface area contributed by atoms with Gasteiger partial charge in [-0.3, -0.25) is 4.79 Å². The Labute approximate surface area is 117 Å². The molecule has 5 heteroatoms. The van der Waals surface area contributed by atoms with E-state index in [1.54, 1.807) is 13.2 Å². The summed E-state index contributed by atoms with van der Waals surface area (Å²) in [5, 5.41) is 13.0. The topological polar surface area (TPSA) is 58.6 Å². The quantitative estimate of drug-likeness (QED) is 0.889. The second-order valence-corrected chi connectivity index (χ2v) is 5.30. The van der Waals surface area contributed by atoms with Gasteiger partial charge in [0.25, 0.3) is 0 Å². The maximum absolute atomic E-state index is 11.0. The van der Waals surface area contributed by atoms with Gasteiger partial charge in [0.05, 0.1) is 18.1 Å². The summed E-state index contributed by atoms with van der Waals surface area (Å²) >= 11 is 5.97. The van der Waals surface area contributed by atoms with Crippen LogP contribution in [0, 0.1) is 5.92 Å². The SMILES string of the molecule is COc1cc(NC2CCCC(C(=O)O)C2)ccc1Cl. The highest BCUT2D eigenvalue weighted by molar-refractivity contribution is 6.32. The Morgan fingerprint density at radius 1 is 1.47 bits per heavy atom. The average molecular weight is 284 g/mol. The number of aliphatic carboxylic acids is 1. The third-order valence-electron chi connectivity index (χ3n) is 3.55. The van der Waals surface area contributed by atoms with Crippen LogP contribution in [0.1, 0.15) is 25.7 Å². The van der Waals surface area contributed by atoms with Gasteiger partial charge >= 0.3 is 5.97 Å². The van der Waals surface area contributed by atoms with Crippen molar-refractivity contribution in [1.29, 1.82) is 0 Å². The van der Waals surface area contributed by atoms with E-state index in [1.807, 2.05) is 12.1 Å². The number of benzene rings is 1. The minimum atomic E-state index is -0.694. The largest absolute Gasteiger partial charge is 0.495 e. The zero-order valence-corrected chi connectivity index (χ0v) is 11.6. The Bertz CT molecular complexity index is 464. The Morgan fingerprint density at radius 2 is 2.26 bits per heavy atom. The smallest absolute Gasteiger partial charge is 0.306 e. The number of ether oxygens (including phenoxy) is 1. The minimum absolute atomic E-state index is 0.195. The molecule has 1 saturated carbocycles. The predicted molar refractivity (Wildman–Crippen MR) is 75.0 cm³/mol. The lowest BCUT2D eigenvalue weighted by molar-refractivity contribution is -0.142. The number of halogens is 1. The van der Waals surface area contributed by atoms with Crippen molar-refractivity contribution in [2.45, 2.75) is 31.7 Å². The molecule has 2 rings (SSSR count). The van der Waals surface area contributed by atoms with Crippen molar-refractivity contribution in [3.63, 3.8) is 0 Å².